The van der Waals surface area contributed by atoms with E-state index in [1.807, 2.05) is 6.07 Å². The van der Waals surface area contributed by atoms with Crippen molar-refractivity contribution >= 4 is 11.5 Å². The van der Waals surface area contributed by atoms with Crippen molar-refractivity contribution < 1.29 is 4.39 Å². The largest absolute Gasteiger partial charge is 0.384 e. The minimum absolute atomic E-state index is 0.174. The summed E-state index contributed by atoms with van der Waals surface area (Å²) < 4.78 is 13.9. The van der Waals surface area contributed by atoms with Crippen molar-refractivity contribution in [1.82, 2.24) is 0 Å². The Morgan fingerprint density at radius 3 is 2.84 bits per heavy atom. The minimum atomic E-state index is -0.385. The molecule has 1 aromatic carbocycles. The smallest absolute Gasteiger partial charge is 0.136 e. The fraction of sp³-hybridized carbons (Fsp3) is 0.533. The highest BCUT2D eigenvalue weighted by Gasteiger charge is 2.37. The summed E-state index contributed by atoms with van der Waals surface area (Å²) in [6, 6.07) is 5.51. The Morgan fingerprint density at radius 2 is 2.05 bits per heavy atom. The Kier molecular flexibility index (Phi) is 3.17. The third-order valence-corrected chi connectivity index (χ3v) is 4.58. The second-order valence-corrected chi connectivity index (χ2v) is 5.64. The van der Waals surface area contributed by atoms with Gasteiger partial charge in [0.25, 0.3) is 0 Å². The van der Waals surface area contributed by atoms with Gasteiger partial charge in [0.1, 0.15) is 11.7 Å². The molecule has 0 spiro atoms. The molecule has 0 aromatic heterocycles. The van der Waals surface area contributed by atoms with Gasteiger partial charge in [-0.2, -0.15) is 0 Å². The maximum atomic E-state index is 13.9. The normalized spacial score (nSPS) is 26.3. The van der Waals surface area contributed by atoms with Crippen molar-refractivity contribution in [3.05, 3.63) is 29.6 Å². The predicted molar refractivity (Wildman–Crippen MR) is 75.1 cm³/mol. The number of amidine groups is 1. The monoisotopic (exact) mass is 261 g/mol. The van der Waals surface area contributed by atoms with Gasteiger partial charge in [-0.05, 0) is 37.3 Å². The lowest BCUT2D eigenvalue weighted by Crippen LogP contribution is -2.36. The number of benzene rings is 1. The van der Waals surface area contributed by atoms with Crippen LogP contribution < -0.4 is 10.6 Å². The highest BCUT2D eigenvalue weighted by Crippen LogP contribution is 2.40. The van der Waals surface area contributed by atoms with E-state index in [4.69, 9.17) is 11.1 Å². The first-order chi connectivity index (χ1) is 9.18. The van der Waals surface area contributed by atoms with Crippen LogP contribution in [0.15, 0.2) is 18.2 Å². The first-order valence-corrected chi connectivity index (χ1v) is 7.08. The molecule has 1 saturated heterocycles. The number of rotatable bonds is 2. The Hall–Kier alpha value is -1.58. The molecule has 1 aliphatic carbocycles. The molecule has 1 aliphatic heterocycles. The number of hydrogen-bond donors (Lipinski definition) is 2. The molecule has 0 radical (unpaired) electrons. The summed E-state index contributed by atoms with van der Waals surface area (Å²) in [6.45, 7) is 0.957. The van der Waals surface area contributed by atoms with E-state index >= 15 is 0 Å². The number of nitrogen functional groups attached to an aromatic ring is 1. The molecule has 102 valence electrons. The number of hydrogen-bond acceptors (Lipinski definition) is 2. The fourth-order valence-electron chi connectivity index (χ4n) is 3.72. The van der Waals surface area contributed by atoms with Crippen LogP contribution >= 0.6 is 0 Å². The molecule has 4 heteroatoms. The van der Waals surface area contributed by atoms with Crippen LogP contribution in [-0.2, 0) is 0 Å². The van der Waals surface area contributed by atoms with Gasteiger partial charge >= 0.3 is 0 Å². The molecule has 3 rings (SSSR count). The van der Waals surface area contributed by atoms with Crippen molar-refractivity contribution in [2.75, 3.05) is 11.4 Å². The van der Waals surface area contributed by atoms with E-state index in [-0.39, 0.29) is 17.2 Å². The molecule has 1 heterocycles. The highest BCUT2D eigenvalue weighted by molar-refractivity contribution is 6.00. The summed E-state index contributed by atoms with van der Waals surface area (Å²) in [5, 5.41) is 7.62. The van der Waals surface area contributed by atoms with Crippen molar-refractivity contribution in [1.29, 1.82) is 5.41 Å². The summed E-state index contributed by atoms with van der Waals surface area (Å²) in [5.74, 6) is 0.174. The molecule has 3 nitrogen and oxygen atoms in total. The van der Waals surface area contributed by atoms with Gasteiger partial charge in [0.15, 0.2) is 0 Å². The van der Waals surface area contributed by atoms with Gasteiger partial charge in [-0.15, -0.1) is 0 Å². The fourth-order valence-corrected chi connectivity index (χ4v) is 3.72. The molecule has 2 unspecified atom stereocenters. The van der Waals surface area contributed by atoms with E-state index in [0.717, 1.165) is 18.2 Å². The molecule has 1 saturated carbocycles. The lowest BCUT2D eigenvalue weighted by Gasteiger charge is -2.34. The summed E-state index contributed by atoms with van der Waals surface area (Å²) in [7, 11) is 0. The predicted octanol–water partition coefficient (Wildman–Crippen LogP) is 2.88. The van der Waals surface area contributed by atoms with E-state index in [0.29, 0.717) is 6.04 Å². The number of anilines is 1. The first kappa shape index (κ1) is 12.5. The molecule has 3 N–H and O–H groups in total. The summed E-state index contributed by atoms with van der Waals surface area (Å²) in [4.78, 5) is 2.28. The maximum Gasteiger partial charge on any atom is 0.136 e. The third-order valence-electron chi connectivity index (χ3n) is 4.58. The average Bonchev–Trinajstić information content (AvgIpc) is 2.81. The van der Waals surface area contributed by atoms with E-state index < -0.39 is 0 Å². The van der Waals surface area contributed by atoms with Crippen molar-refractivity contribution in [2.24, 2.45) is 11.7 Å². The van der Waals surface area contributed by atoms with Crippen LogP contribution in [0.4, 0.5) is 10.1 Å². The third kappa shape index (κ3) is 2.09. The zero-order valence-corrected chi connectivity index (χ0v) is 11.0. The van der Waals surface area contributed by atoms with Gasteiger partial charge in [-0.3, -0.25) is 5.41 Å². The standard InChI is InChI=1S/C15H20FN3/c16-11-5-3-7-13(14(11)15(17)18)19-9-8-10-4-1-2-6-12(10)19/h3,5,7,10,12H,1-2,4,6,8-9H2,(H3,17,18). The van der Waals surface area contributed by atoms with Crippen molar-refractivity contribution in [3.63, 3.8) is 0 Å². The minimum Gasteiger partial charge on any atom is -0.384 e. The molecule has 2 fully saturated rings. The Morgan fingerprint density at radius 1 is 1.26 bits per heavy atom. The van der Waals surface area contributed by atoms with Gasteiger partial charge < -0.3 is 10.6 Å². The second kappa shape index (κ2) is 4.83. The molecule has 0 bridgehead atoms. The van der Waals surface area contributed by atoms with Gasteiger partial charge in [0, 0.05) is 12.6 Å². The maximum absolute atomic E-state index is 13.9. The zero-order chi connectivity index (χ0) is 13.4. The van der Waals surface area contributed by atoms with Crippen molar-refractivity contribution in [3.8, 4) is 0 Å². The average molecular weight is 261 g/mol. The quantitative estimate of drug-likeness (QED) is 0.635. The molecule has 0 amide bonds. The summed E-state index contributed by atoms with van der Waals surface area (Å²) >= 11 is 0. The number of nitrogens with one attached hydrogen (secondary N) is 1. The Balaban J connectivity index is 1.98. The molecular weight excluding hydrogens is 241 g/mol. The number of fused-ring (bicyclic) bond motifs is 1. The Labute approximate surface area is 113 Å². The molecule has 1 aromatic rings. The SMILES string of the molecule is N=C(N)c1c(F)cccc1N1CCC2CCCCC21. The van der Waals surface area contributed by atoms with Crippen LogP contribution in [0, 0.1) is 17.1 Å². The lowest BCUT2D eigenvalue weighted by atomic mass is 9.85. The van der Waals surface area contributed by atoms with Crippen LogP contribution in [0.25, 0.3) is 0 Å². The van der Waals surface area contributed by atoms with Gasteiger partial charge in [-0.25, -0.2) is 4.39 Å². The van der Waals surface area contributed by atoms with Crippen LogP contribution in [0.1, 0.15) is 37.7 Å². The van der Waals surface area contributed by atoms with E-state index in [1.54, 1.807) is 6.07 Å². The number of halogens is 1. The Bertz CT molecular complexity index is 500. The van der Waals surface area contributed by atoms with E-state index in [2.05, 4.69) is 4.90 Å². The van der Waals surface area contributed by atoms with Gasteiger partial charge in [-0.1, -0.05) is 18.9 Å². The van der Waals surface area contributed by atoms with E-state index in [1.165, 1.54) is 38.2 Å². The van der Waals surface area contributed by atoms with Crippen LogP contribution in [-0.4, -0.2) is 18.4 Å². The van der Waals surface area contributed by atoms with Gasteiger partial charge in [0.05, 0.1) is 11.3 Å². The first-order valence-electron chi connectivity index (χ1n) is 7.08. The lowest BCUT2D eigenvalue weighted by molar-refractivity contribution is 0.342. The molecular formula is C15H20FN3. The van der Waals surface area contributed by atoms with Crippen LogP contribution in [0.3, 0.4) is 0 Å². The van der Waals surface area contributed by atoms with Crippen LogP contribution in [0.5, 0.6) is 0 Å². The number of nitrogens with zero attached hydrogens (tertiary/aromatic N) is 1. The highest BCUT2D eigenvalue weighted by atomic mass is 19.1. The second-order valence-electron chi connectivity index (χ2n) is 5.64. The topological polar surface area (TPSA) is 53.1 Å². The van der Waals surface area contributed by atoms with Crippen LogP contribution in [0.2, 0.25) is 0 Å². The van der Waals surface area contributed by atoms with E-state index in [9.17, 15) is 4.39 Å². The molecule has 2 aliphatic rings. The zero-order valence-electron chi connectivity index (χ0n) is 11.0. The molecule has 2 atom stereocenters. The number of nitrogens with two attached hydrogens (primary N) is 1. The van der Waals surface area contributed by atoms with Crippen molar-refractivity contribution in [2.45, 2.75) is 38.1 Å². The van der Waals surface area contributed by atoms with Gasteiger partial charge in [0.2, 0.25) is 0 Å². The summed E-state index contributed by atoms with van der Waals surface area (Å²) in [5.41, 5.74) is 6.65. The molecule has 19 heavy (non-hydrogen) atoms. The summed E-state index contributed by atoms with van der Waals surface area (Å²) in [6.07, 6.45) is 6.21.